The van der Waals surface area contributed by atoms with Gasteiger partial charge in [0.1, 0.15) is 10.9 Å². The number of nitrogens with zero attached hydrogens (tertiary/aromatic N) is 2. The molecule has 4 fully saturated rings. The number of aryl methyl sites for hydroxylation is 1. The molecule has 29 heavy (non-hydrogen) atoms. The first-order valence-corrected chi connectivity index (χ1v) is 11.4. The van der Waals surface area contributed by atoms with Gasteiger partial charge in [0.05, 0.1) is 11.3 Å². The Morgan fingerprint density at radius 3 is 2.41 bits per heavy atom. The van der Waals surface area contributed by atoms with E-state index in [-0.39, 0.29) is 23.2 Å². The number of carbonyl (C=O) groups excluding carboxylic acids is 2. The van der Waals surface area contributed by atoms with E-state index in [2.05, 4.69) is 20.6 Å². The molecule has 3 amide bonds. The zero-order chi connectivity index (χ0) is 20.0. The summed E-state index contributed by atoms with van der Waals surface area (Å²) in [5.41, 5.74) is 0.772. The summed E-state index contributed by atoms with van der Waals surface area (Å²) in [7, 11) is 0. The molecule has 0 saturated heterocycles. The number of carbonyl (C=O) groups is 2. The number of rotatable bonds is 4. The summed E-state index contributed by atoms with van der Waals surface area (Å²) in [4.78, 5) is 33.8. The average Bonchev–Trinajstić information content (AvgIpc) is 2.64. The Morgan fingerprint density at radius 2 is 1.72 bits per heavy atom. The van der Waals surface area contributed by atoms with Gasteiger partial charge in [0.2, 0.25) is 5.91 Å². The molecule has 0 unspecified atom stereocenters. The number of imide groups is 1. The summed E-state index contributed by atoms with van der Waals surface area (Å²) in [5.74, 6) is 2.78. The van der Waals surface area contributed by atoms with Crippen molar-refractivity contribution < 1.29 is 9.59 Å². The topological polar surface area (TPSA) is 84.0 Å². The number of urea groups is 1. The quantitative estimate of drug-likeness (QED) is 0.591. The van der Waals surface area contributed by atoms with E-state index < -0.39 is 0 Å². The fourth-order valence-electron chi connectivity index (χ4n) is 6.10. The van der Waals surface area contributed by atoms with Gasteiger partial charge in [-0.3, -0.25) is 10.1 Å². The number of nitrogens with one attached hydrogen (secondary N) is 2. The molecule has 1 aromatic carbocycles. The third-order valence-corrected chi connectivity index (χ3v) is 7.68. The van der Waals surface area contributed by atoms with E-state index in [1.807, 2.05) is 31.2 Å². The predicted octanol–water partition coefficient (Wildman–Crippen LogP) is 3.82. The number of hydrogen-bond acceptors (Lipinski definition) is 5. The van der Waals surface area contributed by atoms with Crippen LogP contribution in [0, 0.1) is 24.7 Å². The fraction of sp³-hybridized carbons (Fsp3) is 0.545. The second-order valence-corrected chi connectivity index (χ2v) is 10.0. The van der Waals surface area contributed by atoms with Gasteiger partial charge in [-0.25, -0.2) is 14.8 Å². The monoisotopic (exact) mass is 410 g/mol. The molecule has 0 spiro atoms. The Hall–Kier alpha value is -2.15. The number of thioether (sulfide) groups is 1. The van der Waals surface area contributed by atoms with Gasteiger partial charge in [-0.1, -0.05) is 30.0 Å². The van der Waals surface area contributed by atoms with Crippen LogP contribution < -0.4 is 10.6 Å². The molecule has 1 heterocycles. The van der Waals surface area contributed by atoms with Crippen LogP contribution in [-0.2, 0) is 4.79 Å². The van der Waals surface area contributed by atoms with E-state index in [4.69, 9.17) is 0 Å². The SMILES string of the molecule is Cc1nc(SCC(=O)NC(=O)NC23CC4CC(CC(C4)C2)C3)c2ccccc2n1. The summed E-state index contributed by atoms with van der Waals surface area (Å²) in [5, 5.41) is 7.41. The van der Waals surface area contributed by atoms with Crippen LogP contribution in [0.1, 0.15) is 44.3 Å². The minimum absolute atomic E-state index is 0.0910. The Bertz CT molecular complexity index is 941. The van der Waals surface area contributed by atoms with Crippen molar-refractivity contribution in [2.75, 3.05) is 5.75 Å². The predicted molar refractivity (Wildman–Crippen MR) is 113 cm³/mol. The van der Waals surface area contributed by atoms with Crippen LogP contribution >= 0.6 is 11.8 Å². The Labute approximate surface area is 174 Å². The lowest BCUT2D eigenvalue weighted by molar-refractivity contribution is -0.117. The second-order valence-electron chi connectivity index (χ2n) is 9.08. The van der Waals surface area contributed by atoms with Crippen molar-refractivity contribution in [3.8, 4) is 0 Å². The van der Waals surface area contributed by atoms with Crippen LogP contribution in [0.4, 0.5) is 4.79 Å². The molecule has 6 nitrogen and oxygen atoms in total. The number of benzene rings is 1. The highest BCUT2D eigenvalue weighted by Crippen LogP contribution is 2.55. The molecule has 4 aliphatic rings. The zero-order valence-corrected chi connectivity index (χ0v) is 17.4. The molecule has 0 atom stereocenters. The van der Waals surface area contributed by atoms with E-state index in [1.165, 1.54) is 31.0 Å². The minimum atomic E-state index is -0.346. The van der Waals surface area contributed by atoms with Crippen LogP contribution in [0.2, 0.25) is 0 Å². The van der Waals surface area contributed by atoms with Crippen LogP contribution in [-0.4, -0.2) is 33.2 Å². The number of hydrogen-bond donors (Lipinski definition) is 2. The number of amides is 3. The summed E-state index contributed by atoms with van der Waals surface area (Å²) in [6.45, 7) is 1.84. The van der Waals surface area contributed by atoms with Crippen molar-refractivity contribution >= 4 is 34.6 Å². The maximum absolute atomic E-state index is 12.5. The van der Waals surface area contributed by atoms with Crippen molar-refractivity contribution in [1.82, 2.24) is 20.6 Å². The van der Waals surface area contributed by atoms with E-state index >= 15 is 0 Å². The molecule has 2 aromatic rings. The molecule has 6 rings (SSSR count). The lowest BCUT2D eigenvalue weighted by Gasteiger charge is -2.56. The summed E-state index contributed by atoms with van der Waals surface area (Å²) >= 11 is 1.34. The third kappa shape index (κ3) is 3.84. The molecule has 4 aliphatic carbocycles. The molecule has 2 N–H and O–H groups in total. The summed E-state index contributed by atoms with van der Waals surface area (Å²) in [6, 6.07) is 7.41. The first-order chi connectivity index (χ1) is 14.0. The lowest BCUT2D eigenvalue weighted by Crippen LogP contribution is -2.61. The maximum atomic E-state index is 12.5. The van der Waals surface area contributed by atoms with Crippen molar-refractivity contribution in [2.24, 2.45) is 17.8 Å². The molecular formula is C22H26N4O2S. The normalized spacial score (nSPS) is 29.8. The van der Waals surface area contributed by atoms with Gasteiger partial charge in [-0.15, -0.1) is 0 Å². The molecule has 152 valence electrons. The molecule has 4 saturated carbocycles. The largest absolute Gasteiger partial charge is 0.332 e. The van der Waals surface area contributed by atoms with E-state index in [0.717, 1.165) is 52.9 Å². The number of aromatic nitrogens is 2. The van der Waals surface area contributed by atoms with Gasteiger partial charge in [-0.2, -0.15) is 0 Å². The van der Waals surface area contributed by atoms with Crippen LogP contribution in [0.3, 0.4) is 0 Å². The van der Waals surface area contributed by atoms with Gasteiger partial charge in [0.15, 0.2) is 0 Å². The van der Waals surface area contributed by atoms with Crippen molar-refractivity contribution in [3.63, 3.8) is 0 Å². The zero-order valence-electron chi connectivity index (χ0n) is 16.6. The molecule has 4 bridgehead atoms. The second kappa shape index (κ2) is 7.27. The van der Waals surface area contributed by atoms with E-state index in [1.54, 1.807) is 0 Å². The van der Waals surface area contributed by atoms with Crippen molar-refractivity contribution in [2.45, 2.75) is 56.0 Å². The van der Waals surface area contributed by atoms with Crippen LogP contribution in [0.15, 0.2) is 29.3 Å². The fourth-order valence-corrected chi connectivity index (χ4v) is 6.97. The third-order valence-electron chi connectivity index (χ3n) is 6.69. The molecule has 0 radical (unpaired) electrons. The molecule has 1 aromatic heterocycles. The number of fused-ring (bicyclic) bond motifs is 1. The Balaban J connectivity index is 1.19. The van der Waals surface area contributed by atoms with E-state index in [9.17, 15) is 9.59 Å². The molecular weight excluding hydrogens is 384 g/mol. The maximum Gasteiger partial charge on any atom is 0.321 e. The van der Waals surface area contributed by atoms with E-state index in [0.29, 0.717) is 5.82 Å². The highest BCUT2D eigenvalue weighted by Gasteiger charge is 2.51. The summed E-state index contributed by atoms with van der Waals surface area (Å²) in [6.07, 6.45) is 7.18. The van der Waals surface area contributed by atoms with Gasteiger partial charge < -0.3 is 5.32 Å². The smallest absolute Gasteiger partial charge is 0.321 e. The Morgan fingerprint density at radius 1 is 1.07 bits per heavy atom. The Kier molecular flexibility index (Phi) is 4.73. The first-order valence-electron chi connectivity index (χ1n) is 10.5. The van der Waals surface area contributed by atoms with Crippen molar-refractivity contribution in [3.05, 3.63) is 30.1 Å². The first kappa shape index (κ1) is 18.9. The van der Waals surface area contributed by atoms with Crippen LogP contribution in [0.5, 0.6) is 0 Å². The van der Waals surface area contributed by atoms with Gasteiger partial charge in [0, 0.05) is 10.9 Å². The highest BCUT2D eigenvalue weighted by atomic mass is 32.2. The molecule has 7 heteroatoms. The van der Waals surface area contributed by atoms with Crippen molar-refractivity contribution in [1.29, 1.82) is 0 Å². The number of para-hydroxylation sites is 1. The highest BCUT2D eigenvalue weighted by molar-refractivity contribution is 8.00. The van der Waals surface area contributed by atoms with Gasteiger partial charge in [-0.05, 0) is 69.3 Å². The standard InChI is InChI=1S/C22H26N4O2S/c1-13-23-18-5-3-2-4-17(18)20(24-13)29-12-19(27)25-21(28)26-22-9-14-6-15(10-22)8-16(7-14)11-22/h2-5,14-16H,6-12H2,1H3,(H2,25,26,27,28). The summed E-state index contributed by atoms with van der Waals surface area (Å²) < 4.78 is 0. The average molecular weight is 411 g/mol. The van der Waals surface area contributed by atoms with Gasteiger partial charge >= 0.3 is 6.03 Å². The van der Waals surface area contributed by atoms with Gasteiger partial charge in [0.25, 0.3) is 0 Å². The molecule has 0 aliphatic heterocycles. The minimum Gasteiger partial charge on any atom is -0.332 e. The lowest BCUT2D eigenvalue weighted by atomic mass is 9.53. The van der Waals surface area contributed by atoms with Crippen LogP contribution in [0.25, 0.3) is 10.9 Å².